The summed E-state index contributed by atoms with van der Waals surface area (Å²) in [6.07, 6.45) is 2.08. The van der Waals surface area contributed by atoms with Crippen LogP contribution in [0.15, 0.2) is 12.3 Å². The topological polar surface area (TPSA) is 46.1 Å². The molecule has 13 heavy (non-hydrogen) atoms. The third-order valence-electron chi connectivity index (χ3n) is 2.14. The van der Waals surface area contributed by atoms with E-state index in [4.69, 9.17) is 0 Å². The van der Waals surface area contributed by atoms with Crippen LogP contribution in [0.2, 0.25) is 0 Å². The zero-order valence-corrected chi connectivity index (χ0v) is 7.69. The van der Waals surface area contributed by atoms with Gasteiger partial charge in [-0.2, -0.15) is 5.10 Å². The van der Waals surface area contributed by atoms with Crippen LogP contribution in [0.1, 0.15) is 19.4 Å². The average Bonchev–Trinajstić information content (AvgIpc) is 2.39. The Morgan fingerprint density at radius 3 is 3.00 bits per heavy atom. The first kappa shape index (κ1) is 8.16. The van der Waals surface area contributed by atoms with Gasteiger partial charge in [0, 0.05) is 11.6 Å². The first-order valence-corrected chi connectivity index (χ1v) is 4.33. The summed E-state index contributed by atoms with van der Waals surface area (Å²) in [5.41, 5.74) is 0.980. The number of amides is 1. The normalized spacial score (nSPS) is 15.3. The van der Waals surface area contributed by atoms with Gasteiger partial charge in [0.15, 0.2) is 5.82 Å². The Bertz CT molecular complexity index is 348. The molecule has 0 atom stereocenters. The Morgan fingerprint density at radius 2 is 2.31 bits per heavy atom. The molecule has 2 heterocycles. The van der Waals surface area contributed by atoms with Gasteiger partial charge in [0.05, 0.1) is 12.6 Å². The minimum Gasteiger partial charge on any atom is -0.292 e. The van der Waals surface area contributed by atoms with Crippen molar-refractivity contribution in [2.75, 3.05) is 4.90 Å². The van der Waals surface area contributed by atoms with Crippen LogP contribution in [0.3, 0.4) is 0 Å². The van der Waals surface area contributed by atoms with Crippen LogP contribution in [0.5, 0.6) is 0 Å². The minimum absolute atomic E-state index is 0.116. The Balaban J connectivity index is 2.46. The number of carbonyl (C=O) groups excluding carboxylic acids is 1. The molecule has 0 aromatic carbocycles. The Kier molecular flexibility index (Phi) is 1.76. The van der Waals surface area contributed by atoms with Crippen molar-refractivity contribution < 1.29 is 4.79 Å². The highest BCUT2D eigenvalue weighted by Crippen LogP contribution is 2.26. The summed E-state index contributed by atoms with van der Waals surface area (Å²) in [6.45, 7) is 3.95. The maximum Gasteiger partial charge on any atom is 0.233 e. The van der Waals surface area contributed by atoms with E-state index in [1.807, 2.05) is 19.9 Å². The molecule has 1 aromatic heterocycles. The van der Waals surface area contributed by atoms with Crippen LogP contribution in [0.4, 0.5) is 5.82 Å². The fraction of sp³-hybridized carbons (Fsp3) is 0.444. The summed E-state index contributed by atoms with van der Waals surface area (Å²) in [7, 11) is 0. The van der Waals surface area contributed by atoms with Crippen LogP contribution < -0.4 is 4.90 Å². The van der Waals surface area contributed by atoms with Gasteiger partial charge in [-0.15, -0.1) is 5.10 Å². The van der Waals surface area contributed by atoms with Crippen molar-refractivity contribution in [1.29, 1.82) is 0 Å². The summed E-state index contributed by atoms with van der Waals surface area (Å²) in [4.78, 5) is 13.2. The first-order valence-electron chi connectivity index (χ1n) is 4.33. The third-order valence-corrected chi connectivity index (χ3v) is 2.14. The molecule has 0 radical (unpaired) electrons. The lowest BCUT2D eigenvalue weighted by atomic mass is 10.2. The van der Waals surface area contributed by atoms with E-state index in [1.54, 1.807) is 11.1 Å². The first-order chi connectivity index (χ1) is 6.20. The van der Waals surface area contributed by atoms with Crippen molar-refractivity contribution in [3.8, 4) is 0 Å². The molecule has 1 amide bonds. The van der Waals surface area contributed by atoms with Gasteiger partial charge >= 0.3 is 0 Å². The van der Waals surface area contributed by atoms with E-state index in [-0.39, 0.29) is 11.9 Å². The molecule has 68 valence electrons. The summed E-state index contributed by atoms with van der Waals surface area (Å²) in [5.74, 6) is 0.841. The van der Waals surface area contributed by atoms with Crippen molar-refractivity contribution >= 4 is 11.7 Å². The zero-order valence-electron chi connectivity index (χ0n) is 7.69. The average molecular weight is 177 g/mol. The molecule has 0 bridgehead atoms. The standard InChI is InChI=1S/C9H11N3O/c1-6(2)12-8(13)5-7-3-4-10-11-9(7)12/h3-4,6H,5H2,1-2H3. The van der Waals surface area contributed by atoms with Gasteiger partial charge in [-0.25, -0.2) is 0 Å². The molecule has 0 spiro atoms. The monoisotopic (exact) mass is 177 g/mol. The highest BCUT2D eigenvalue weighted by Gasteiger charge is 2.30. The molecular weight excluding hydrogens is 166 g/mol. The van der Waals surface area contributed by atoms with Crippen molar-refractivity contribution in [1.82, 2.24) is 10.2 Å². The van der Waals surface area contributed by atoms with Crippen LogP contribution in [0, 0.1) is 0 Å². The second-order valence-corrected chi connectivity index (χ2v) is 3.41. The smallest absolute Gasteiger partial charge is 0.233 e. The highest BCUT2D eigenvalue weighted by molar-refractivity contribution is 6.00. The molecule has 1 aromatic rings. The molecule has 1 aliphatic rings. The molecule has 0 aliphatic carbocycles. The van der Waals surface area contributed by atoms with E-state index in [2.05, 4.69) is 10.2 Å². The van der Waals surface area contributed by atoms with Crippen LogP contribution >= 0.6 is 0 Å². The van der Waals surface area contributed by atoms with E-state index < -0.39 is 0 Å². The largest absolute Gasteiger partial charge is 0.292 e. The summed E-state index contributed by atoms with van der Waals surface area (Å²) >= 11 is 0. The summed E-state index contributed by atoms with van der Waals surface area (Å²) in [6, 6.07) is 2.01. The van der Waals surface area contributed by atoms with Crippen molar-refractivity contribution in [2.24, 2.45) is 0 Å². The lowest BCUT2D eigenvalue weighted by Crippen LogP contribution is -2.34. The number of anilines is 1. The van der Waals surface area contributed by atoms with E-state index in [9.17, 15) is 4.79 Å². The Morgan fingerprint density at radius 1 is 1.54 bits per heavy atom. The molecule has 4 nitrogen and oxygen atoms in total. The Hall–Kier alpha value is -1.45. The van der Waals surface area contributed by atoms with Crippen LogP contribution in [0.25, 0.3) is 0 Å². The van der Waals surface area contributed by atoms with E-state index >= 15 is 0 Å². The van der Waals surface area contributed by atoms with E-state index in [1.165, 1.54) is 0 Å². The predicted octanol–water partition coefficient (Wildman–Crippen LogP) is 0.774. The molecule has 4 heteroatoms. The molecule has 0 saturated carbocycles. The van der Waals surface area contributed by atoms with Crippen molar-refractivity contribution in [3.05, 3.63) is 17.8 Å². The maximum absolute atomic E-state index is 11.5. The van der Waals surface area contributed by atoms with E-state index in [0.717, 1.165) is 11.4 Å². The fourth-order valence-electron chi connectivity index (χ4n) is 1.59. The van der Waals surface area contributed by atoms with Gasteiger partial charge in [0.2, 0.25) is 5.91 Å². The predicted molar refractivity (Wildman–Crippen MR) is 48.4 cm³/mol. The van der Waals surface area contributed by atoms with Gasteiger partial charge in [-0.1, -0.05) is 0 Å². The zero-order chi connectivity index (χ0) is 9.42. The molecule has 0 N–H and O–H groups in total. The number of rotatable bonds is 1. The van der Waals surface area contributed by atoms with Gasteiger partial charge in [-0.3, -0.25) is 9.69 Å². The number of hydrogen-bond donors (Lipinski definition) is 0. The lowest BCUT2D eigenvalue weighted by Gasteiger charge is -2.19. The lowest BCUT2D eigenvalue weighted by molar-refractivity contribution is -0.117. The van der Waals surface area contributed by atoms with E-state index in [0.29, 0.717) is 6.42 Å². The van der Waals surface area contributed by atoms with Gasteiger partial charge < -0.3 is 0 Å². The third kappa shape index (κ3) is 1.18. The molecule has 0 saturated heterocycles. The van der Waals surface area contributed by atoms with Crippen molar-refractivity contribution in [2.45, 2.75) is 26.3 Å². The van der Waals surface area contributed by atoms with Crippen molar-refractivity contribution in [3.63, 3.8) is 0 Å². The van der Waals surface area contributed by atoms with Crippen LogP contribution in [-0.4, -0.2) is 22.1 Å². The summed E-state index contributed by atoms with van der Waals surface area (Å²) < 4.78 is 0. The number of hydrogen-bond acceptors (Lipinski definition) is 3. The Labute approximate surface area is 76.6 Å². The fourth-order valence-corrected chi connectivity index (χ4v) is 1.59. The molecule has 0 fully saturated rings. The SMILES string of the molecule is CC(C)N1C(=O)Cc2ccnnc21. The quantitative estimate of drug-likeness (QED) is 0.636. The number of nitrogens with zero attached hydrogens (tertiary/aromatic N) is 3. The van der Waals surface area contributed by atoms with Crippen LogP contribution in [-0.2, 0) is 11.2 Å². The minimum atomic E-state index is 0.116. The number of aromatic nitrogens is 2. The molecular formula is C9H11N3O. The molecule has 0 unspecified atom stereocenters. The number of carbonyl (C=O) groups is 1. The summed E-state index contributed by atoms with van der Waals surface area (Å²) in [5, 5.41) is 7.75. The highest BCUT2D eigenvalue weighted by atomic mass is 16.2. The molecule has 1 aliphatic heterocycles. The maximum atomic E-state index is 11.5. The van der Waals surface area contributed by atoms with Gasteiger partial charge in [-0.05, 0) is 19.9 Å². The van der Waals surface area contributed by atoms with Gasteiger partial charge in [0.1, 0.15) is 0 Å². The van der Waals surface area contributed by atoms with Gasteiger partial charge in [0.25, 0.3) is 0 Å². The number of fused-ring (bicyclic) bond motifs is 1. The second-order valence-electron chi connectivity index (χ2n) is 3.41. The second kappa shape index (κ2) is 2.80. The molecule has 2 rings (SSSR count).